The first-order valence-corrected chi connectivity index (χ1v) is 8.15. The van der Waals surface area contributed by atoms with Crippen LogP contribution in [0.4, 0.5) is 4.39 Å². The van der Waals surface area contributed by atoms with Gasteiger partial charge in [-0.05, 0) is 44.4 Å². The Morgan fingerprint density at radius 3 is 2.57 bits per heavy atom. The third-order valence-electron chi connectivity index (χ3n) is 4.72. The van der Waals surface area contributed by atoms with E-state index in [4.69, 9.17) is 16.3 Å². The molecule has 21 heavy (non-hydrogen) atoms. The van der Waals surface area contributed by atoms with Gasteiger partial charge in [-0.3, -0.25) is 0 Å². The van der Waals surface area contributed by atoms with Crippen molar-refractivity contribution in [3.8, 4) is 0 Å². The summed E-state index contributed by atoms with van der Waals surface area (Å²) < 4.78 is 20.1. The summed E-state index contributed by atoms with van der Waals surface area (Å²) in [5, 5.41) is 3.71. The number of likely N-dealkylation sites (N-methyl/N-ethyl adjacent to an activating group) is 1. The van der Waals surface area contributed by atoms with Crippen LogP contribution in [0.3, 0.4) is 0 Å². The third kappa shape index (κ3) is 3.58. The van der Waals surface area contributed by atoms with Crippen molar-refractivity contribution in [2.75, 3.05) is 6.54 Å². The molecule has 1 aliphatic heterocycles. The topological polar surface area (TPSA) is 21.3 Å². The number of benzene rings is 1. The van der Waals surface area contributed by atoms with Crippen molar-refractivity contribution >= 4 is 11.6 Å². The first-order valence-electron chi connectivity index (χ1n) is 7.77. The molecule has 1 aromatic rings. The van der Waals surface area contributed by atoms with E-state index in [0.717, 1.165) is 6.54 Å². The normalized spacial score (nSPS) is 30.6. The molecule has 118 valence electrons. The number of hydrogen-bond acceptors (Lipinski definition) is 2. The predicted octanol–water partition coefficient (Wildman–Crippen LogP) is 4.06. The maximum Gasteiger partial charge on any atom is 0.145 e. The molecule has 2 nitrogen and oxygen atoms in total. The third-order valence-corrected chi connectivity index (χ3v) is 5.01. The summed E-state index contributed by atoms with van der Waals surface area (Å²) >= 11 is 5.89. The average molecular weight is 314 g/mol. The standard InChI is InChI=1S/C17H25ClFNO/c1-5-20-15(16-10(2)11(3)21-12(16)4)9-13-7-6-8-14(18)17(13)19/h6-8,10-12,15-16,20H,5,9H2,1-4H3. The van der Waals surface area contributed by atoms with Crippen LogP contribution in [-0.4, -0.2) is 24.8 Å². The van der Waals surface area contributed by atoms with Crippen LogP contribution < -0.4 is 5.32 Å². The van der Waals surface area contributed by atoms with Crippen LogP contribution in [0.2, 0.25) is 5.02 Å². The molecule has 1 saturated heterocycles. The van der Waals surface area contributed by atoms with Crippen LogP contribution in [0.5, 0.6) is 0 Å². The van der Waals surface area contributed by atoms with Gasteiger partial charge in [-0.15, -0.1) is 0 Å². The minimum absolute atomic E-state index is 0.182. The molecular formula is C17H25ClFNO. The molecule has 0 saturated carbocycles. The zero-order valence-corrected chi connectivity index (χ0v) is 14.0. The Labute approximate surface area is 132 Å². The number of hydrogen-bond donors (Lipinski definition) is 1. The highest BCUT2D eigenvalue weighted by molar-refractivity contribution is 6.30. The highest BCUT2D eigenvalue weighted by Gasteiger charge is 2.41. The monoisotopic (exact) mass is 313 g/mol. The van der Waals surface area contributed by atoms with Gasteiger partial charge >= 0.3 is 0 Å². The second kappa shape index (κ2) is 7.08. The van der Waals surface area contributed by atoms with Crippen LogP contribution in [0, 0.1) is 17.7 Å². The highest BCUT2D eigenvalue weighted by Crippen LogP contribution is 2.36. The van der Waals surface area contributed by atoms with Crippen molar-refractivity contribution in [2.45, 2.75) is 52.4 Å². The van der Waals surface area contributed by atoms with E-state index in [-0.39, 0.29) is 29.1 Å². The number of ether oxygens (including phenoxy) is 1. The van der Waals surface area contributed by atoms with Crippen LogP contribution in [0.1, 0.15) is 33.3 Å². The van der Waals surface area contributed by atoms with E-state index in [9.17, 15) is 4.39 Å². The summed E-state index contributed by atoms with van der Waals surface area (Å²) in [4.78, 5) is 0. The summed E-state index contributed by atoms with van der Waals surface area (Å²) in [5.74, 6) is 0.527. The SMILES string of the molecule is CCNC(Cc1cccc(Cl)c1F)C1C(C)OC(C)C1C. The fourth-order valence-electron chi connectivity index (χ4n) is 3.54. The first-order chi connectivity index (χ1) is 9.95. The lowest BCUT2D eigenvalue weighted by Gasteiger charge is -2.30. The van der Waals surface area contributed by atoms with Gasteiger partial charge in [0.15, 0.2) is 0 Å². The fourth-order valence-corrected chi connectivity index (χ4v) is 3.73. The molecular weight excluding hydrogens is 289 g/mol. The van der Waals surface area contributed by atoms with Gasteiger partial charge in [0.2, 0.25) is 0 Å². The maximum absolute atomic E-state index is 14.2. The maximum atomic E-state index is 14.2. The van der Waals surface area contributed by atoms with Crippen LogP contribution in [-0.2, 0) is 11.2 Å². The van der Waals surface area contributed by atoms with Crippen molar-refractivity contribution in [2.24, 2.45) is 11.8 Å². The number of halogens is 2. The van der Waals surface area contributed by atoms with E-state index in [1.54, 1.807) is 6.07 Å². The molecule has 5 unspecified atom stereocenters. The Kier molecular flexibility index (Phi) is 5.64. The second-order valence-electron chi connectivity index (χ2n) is 6.06. The van der Waals surface area contributed by atoms with E-state index in [0.29, 0.717) is 23.8 Å². The first kappa shape index (κ1) is 16.7. The summed E-state index contributed by atoms with van der Waals surface area (Å²) in [5.41, 5.74) is 0.674. The Bertz CT molecular complexity index is 482. The van der Waals surface area contributed by atoms with E-state index in [1.807, 2.05) is 12.1 Å². The number of nitrogens with one attached hydrogen (secondary N) is 1. The van der Waals surface area contributed by atoms with E-state index in [1.165, 1.54) is 0 Å². The molecule has 0 spiro atoms. The number of rotatable bonds is 5. The molecule has 5 atom stereocenters. The average Bonchev–Trinajstić information content (AvgIpc) is 2.68. The summed E-state index contributed by atoms with van der Waals surface area (Å²) in [6.07, 6.45) is 1.06. The van der Waals surface area contributed by atoms with Crippen molar-refractivity contribution in [1.82, 2.24) is 5.32 Å². The van der Waals surface area contributed by atoms with Crippen LogP contribution in [0.25, 0.3) is 0 Å². The molecule has 1 aromatic carbocycles. The van der Waals surface area contributed by atoms with Gasteiger partial charge in [0.1, 0.15) is 5.82 Å². The summed E-state index contributed by atoms with van der Waals surface area (Å²) in [7, 11) is 0. The smallest absolute Gasteiger partial charge is 0.145 e. The molecule has 0 aromatic heterocycles. The van der Waals surface area contributed by atoms with Gasteiger partial charge in [-0.1, -0.05) is 37.6 Å². The largest absolute Gasteiger partial charge is 0.375 e. The van der Waals surface area contributed by atoms with Gasteiger partial charge in [0.25, 0.3) is 0 Å². The van der Waals surface area contributed by atoms with E-state index < -0.39 is 0 Å². The lowest BCUT2D eigenvalue weighted by molar-refractivity contribution is 0.0476. The highest BCUT2D eigenvalue weighted by atomic mass is 35.5. The summed E-state index contributed by atoms with van der Waals surface area (Å²) in [6, 6.07) is 5.41. The second-order valence-corrected chi connectivity index (χ2v) is 6.47. The molecule has 0 aliphatic carbocycles. The molecule has 4 heteroatoms. The summed E-state index contributed by atoms with van der Waals surface area (Å²) in [6.45, 7) is 9.39. The van der Waals surface area contributed by atoms with Gasteiger partial charge in [0, 0.05) is 12.0 Å². The van der Waals surface area contributed by atoms with Gasteiger partial charge in [-0.2, -0.15) is 0 Å². The van der Waals surface area contributed by atoms with Crippen LogP contribution in [0.15, 0.2) is 18.2 Å². The minimum Gasteiger partial charge on any atom is -0.375 e. The Balaban J connectivity index is 2.21. The van der Waals surface area contributed by atoms with Gasteiger partial charge in [0.05, 0.1) is 17.2 Å². The lowest BCUT2D eigenvalue weighted by atomic mass is 9.81. The zero-order chi connectivity index (χ0) is 15.6. The molecule has 0 bridgehead atoms. The zero-order valence-electron chi connectivity index (χ0n) is 13.2. The molecule has 1 fully saturated rings. The van der Waals surface area contributed by atoms with Crippen molar-refractivity contribution < 1.29 is 9.13 Å². The van der Waals surface area contributed by atoms with E-state index >= 15 is 0 Å². The molecule has 0 radical (unpaired) electrons. The molecule has 0 amide bonds. The fraction of sp³-hybridized carbons (Fsp3) is 0.647. The predicted molar refractivity (Wildman–Crippen MR) is 85.2 cm³/mol. The van der Waals surface area contributed by atoms with Crippen molar-refractivity contribution in [1.29, 1.82) is 0 Å². The van der Waals surface area contributed by atoms with Gasteiger partial charge < -0.3 is 10.1 Å². The molecule has 1 N–H and O–H groups in total. The Hall–Kier alpha value is -0.640. The lowest BCUT2D eigenvalue weighted by Crippen LogP contribution is -2.43. The van der Waals surface area contributed by atoms with Crippen molar-refractivity contribution in [3.63, 3.8) is 0 Å². The molecule has 2 rings (SSSR count). The van der Waals surface area contributed by atoms with Crippen LogP contribution >= 0.6 is 11.6 Å². The Morgan fingerprint density at radius 2 is 2.00 bits per heavy atom. The minimum atomic E-state index is -0.297. The molecule has 1 aliphatic rings. The van der Waals surface area contributed by atoms with Crippen molar-refractivity contribution in [3.05, 3.63) is 34.6 Å². The Morgan fingerprint density at radius 1 is 1.29 bits per heavy atom. The molecule has 1 heterocycles. The van der Waals surface area contributed by atoms with E-state index in [2.05, 4.69) is 33.0 Å². The quantitative estimate of drug-likeness (QED) is 0.885. The van der Waals surface area contributed by atoms with Gasteiger partial charge in [-0.25, -0.2) is 4.39 Å².